The van der Waals surface area contributed by atoms with E-state index in [2.05, 4.69) is 210 Å². The van der Waals surface area contributed by atoms with Gasteiger partial charge in [0, 0.05) is 15.2 Å². The molecule has 2 fully saturated rings. The first-order chi connectivity index (χ1) is 34.7. The van der Waals surface area contributed by atoms with Crippen molar-refractivity contribution in [1.29, 1.82) is 0 Å². The molecule has 0 spiro atoms. The summed E-state index contributed by atoms with van der Waals surface area (Å²) in [7, 11) is -6.32. The van der Waals surface area contributed by atoms with Crippen molar-refractivity contribution in [3.63, 3.8) is 0 Å². The molecule has 75 heavy (non-hydrogen) atoms. The van der Waals surface area contributed by atoms with Crippen molar-refractivity contribution >= 4 is 42.5 Å². The quantitative estimate of drug-likeness (QED) is 0.253. The second-order valence-electron chi connectivity index (χ2n) is 33.4. The Labute approximate surface area is 465 Å². The molecule has 0 bridgehead atoms. The summed E-state index contributed by atoms with van der Waals surface area (Å²) in [6, 6.07) is 10.1. The third-order valence-electron chi connectivity index (χ3n) is 24.0. The molecule has 10 atom stereocenters. The predicted octanol–water partition coefficient (Wildman–Crippen LogP) is 20.8. The molecule has 0 aromatic heterocycles. The highest BCUT2D eigenvalue weighted by molar-refractivity contribution is 7.42. The smallest absolute Gasteiger partial charge is 0.0551 e. The SMILES string of the molecule is CC1=Cc2c(ccc3c2CC(C)(C)C3)C1[Si](C)(C)[Si](C)(C)C1C(C)=Cc2c1ccc1c2CC(C)(C)C1.CC1CC2C3=C(C=CC2C1[Si](C)(C)[Si](C)(C)C1C(C)CC2C4=C(C=CC21)CC(C)(C)C4)CC(C)(C)C3.CCC. The Kier molecular flexibility index (Phi) is 13.9. The fourth-order valence-electron chi connectivity index (χ4n) is 20.3. The number of benzene rings is 2. The van der Waals surface area contributed by atoms with Gasteiger partial charge in [-0.3, -0.25) is 0 Å². The largest absolute Gasteiger partial charge is 0.0806 e. The number of hydrogen-bond donors (Lipinski definition) is 0. The molecular formula is C71H108Si4. The third-order valence-corrected chi connectivity index (χ3v) is 64.0. The van der Waals surface area contributed by atoms with Crippen molar-refractivity contribution in [1.82, 2.24) is 0 Å². The Bertz CT molecular complexity index is 2650. The van der Waals surface area contributed by atoms with Crippen molar-refractivity contribution < 1.29 is 0 Å². The van der Waals surface area contributed by atoms with Crippen LogP contribution in [0.2, 0.25) is 63.5 Å². The van der Waals surface area contributed by atoms with Gasteiger partial charge in [-0.2, -0.15) is 0 Å². The van der Waals surface area contributed by atoms with Gasteiger partial charge in [0.05, 0.1) is 15.2 Å². The molecule has 0 saturated heterocycles. The van der Waals surface area contributed by atoms with Crippen LogP contribution in [0.1, 0.15) is 197 Å². The number of fused-ring (bicyclic) bond motifs is 10. The number of rotatable bonds is 6. The van der Waals surface area contributed by atoms with Gasteiger partial charge in [-0.15, -0.1) is 0 Å². The Morgan fingerprint density at radius 2 is 0.787 bits per heavy atom. The zero-order valence-corrected chi connectivity index (χ0v) is 56.3. The maximum atomic E-state index is 2.88. The number of allylic oxidation sites excluding steroid dienone is 10. The molecule has 0 aliphatic heterocycles. The van der Waals surface area contributed by atoms with E-state index in [1.807, 2.05) is 11.1 Å². The molecule has 10 aliphatic carbocycles. The number of hydrogen-bond acceptors (Lipinski definition) is 0. The van der Waals surface area contributed by atoms with Crippen molar-refractivity contribution in [2.75, 3.05) is 0 Å². The van der Waals surface area contributed by atoms with Crippen LogP contribution >= 0.6 is 0 Å². The molecule has 4 heteroatoms. The molecule has 0 heterocycles. The van der Waals surface area contributed by atoms with Crippen molar-refractivity contribution in [3.8, 4) is 0 Å². The van der Waals surface area contributed by atoms with Crippen LogP contribution in [0.15, 0.2) is 82.0 Å². The van der Waals surface area contributed by atoms with Gasteiger partial charge < -0.3 is 0 Å². The van der Waals surface area contributed by atoms with Crippen LogP contribution in [0.25, 0.3) is 12.2 Å². The minimum atomic E-state index is -1.68. The Morgan fingerprint density at radius 3 is 1.13 bits per heavy atom. The van der Waals surface area contributed by atoms with Crippen LogP contribution in [0.3, 0.4) is 0 Å². The topological polar surface area (TPSA) is 0 Å². The zero-order chi connectivity index (χ0) is 54.7. The molecule has 0 N–H and O–H groups in total. The first-order valence-corrected chi connectivity index (χ1v) is 45.4. The second kappa shape index (κ2) is 18.7. The lowest BCUT2D eigenvalue weighted by molar-refractivity contribution is 0.374. The van der Waals surface area contributed by atoms with E-state index in [4.69, 9.17) is 0 Å². The summed E-state index contributed by atoms with van der Waals surface area (Å²) >= 11 is 0. The zero-order valence-electron chi connectivity index (χ0n) is 52.3. The molecule has 408 valence electrons. The Balaban J connectivity index is 0.000000163. The first-order valence-electron chi connectivity index (χ1n) is 31.1. The standard InChI is InChI=1S/C34H54Si2.C34H46Si2.C3H8/c2*1-21-15-27-25(13-11-23-17-33(3,4)19-29(23)27)31(21)35(7,8)36(9,10)32-22(2)16-28-26(32)14-12-24-18-34(5,6)20-30(24)28;1-3-2/h11-14,21-22,25-28,31-32H,15-20H2,1-10H3;11-16,31-32H,17-20H2,1-10H3;3H2,1-2H3. The molecular weight excluding hydrogens is 965 g/mol. The maximum Gasteiger partial charge on any atom is 0.0551 e. The molecule has 12 rings (SSSR count). The average Bonchev–Trinajstić information content (AvgIpc) is 4.15. The summed E-state index contributed by atoms with van der Waals surface area (Å²) in [6.45, 7) is 56.8. The van der Waals surface area contributed by atoms with Crippen LogP contribution in [0.5, 0.6) is 0 Å². The summed E-state index contributed by atoms with van der Waals surface area (Å²) in [5.74, 6) is 5.18. The third kappa shape index (κ3) is 9.11. The predicted molar refractivity (Wildman–Crippen MR) is 341 cm³/mol. The second-order valence-corrected chi connectivity index (χ2v) is 65.1. The summed E-state index contributed by atoms with van der Waals surface area (Å²) < 4.78 is 0. The van der Waals surface area contributed by atoms with E-state index in [9.17, 15) is 0 Å². The molecule has 2 aromatic rings. The highest BCUT2D eigenvalue weighted by Crippen LogP contribution is 2.66. The highest BCUT2D eigenvalue weighted by Gasteiger charge is 2.63. The van der Waals surface area contributed by atoms with Crippen LogP contribution in [-0.2, 0) is 25.7 Å². The van der Waals surface area contributed by atoms with Gasteiger partial charge in [-0.25, -0.2) is 0 Å². The van der Waals surface area contributed by atoms with Crippen LogP contribution in [-0.4, -0.2) is 30.4 Å². The van der Waals surface area contributed by atoms with Gasteiger partial charge >= 0.3 is 0 Å². The van der Waals surface area contributed by atoms with Gasteiger partial charge in [0.2, 0.25) is 0 Å². The summed E-state index contributed by atoms with van der Waals surface area (Å²) in [6.07, 6.45) is 30.4. The van der Waals surface area contributed by atoms with E-state index < -0.39 is 30.4 Å². The van der Waals surface area contributed by atoms with E-state index >= 15 is 0 Å². The lowest BCUT2D eigenvalue weighted by Crippen LogP contribution is -2.63. The minimum absolute atomic E-state index is 0.405. The van der Waals surface area contributed by atoms with E-state index in [0.29, 0.717) is 32.7 Å². The first kappa shape index (κ1) is 56.0. The van der Waals surface area contributed by atoms with Crippen LogP contribution < -0.4 is 0 Å². The molecule has 2 saturated carbocycles. The maximum absolute atomic E-state index is 2.88. The van der Waals surface area contributed by atoms with Gasteiger partial charge in [0.1, 0.15) is 0 Å². The molecule has 0 radical (unpaired) electrons. The molecule has 10 unspecified atom stereocenters. The van der Waals surface area contributed by atoms with Crippen molar-refractivity contribution in [3.05, 3.63) is 127 Å². The van der Waals surface area contributed by atoms with E-state index in [1.165, 1.54) is 70.6 Å². The minimum Gasteiger partial charge on any atom is -0.0806 e. The monoisotopic (exact) mass is 1070 g/mol. The lowest BCUT2D eigenvalue weighted by Gasteiger charge is -2.52. The lowest BCUT2D eigenvalue weighted by atomic mass is 9.81. The van der Waals surface area contributed by atoms with E-state index in [1.54, 1.807) is 66.8 Å². The van der Waals surface area contributed by atoms with Gasteiger partial charge in [-0.05, 0) is 213 Å². The molecule has 2 aromatic carbocycles. The summed E-state index contributed by atoms with van der Waals surface area (Å²) in [4.78, 5) is 0. The van der Waals surface area contributed by atoms with Gasteiger partial charge in [0.15, 0.2) is 0 Å². The Hall–Kier alpha value is -2.25. The molecule has 0 amide bonds. The normalized spacial score (nSPS) is 32.8. The summed E-state index contributed by atoms with van der Waals surface area (Å²) in [5, 5.41) is 0. The van der Waals surface area contributed by atoms with Crippen LogP contribution in [0.4, 0.5) is 0 Å². The van der Waals surface area contributed by atoms with Crippen molar-refractivity contribution in [2.45, 2.75) is 242 Å². The van der Waals surface area contributed by atoms with Crippen molar-refractivity contribution in [2.24, 2.45) is 57.2 Å². The fourth-order valence-corrected chi connectivity index (χ4v) is 48.5. The highest BCUT2D eigenvalue weighted by atomic mass is 29.3. The van der Waals surface area contributed by atoms with Crippen LogP contribution in [0, 0.1) is 57.2 Å². The molecule has 10 aliphatic rings. The summed E-state index contributed by atoms with van der Waals surface area (Å²) in [5.41, 5.74) is 28.7. The average molecular weight is 1070 g/mol. The van der Waals surface area contributed by atoms with E-state index in [-0.39, 0.29) is 0 Å². The van der Waals surface area contributed by atoms with Gasteiger partial charge in [0.25, 0.3) is 0 Å². The molecule has 0 nitrogen and oxygen atoms in total. The fraction of sp³-hybridized carbons (Fsp3) is 0.662. The Morgan fingerprint density at radius 1 is 0.453 bits per heavy atom. The van der Waals surface area contributed by atoms with E-state index in [0.717, 1.165) is 46.6 Å². The van der Waals surface area contributed by atoms with Gasteiger partial charge in [-0.1, -0.05) is 225 Å².